The first-order valence-electron chi connectivity index (χ1n) is 25.3. The molecule has 4 aromatic rings. The number of methoxy groups -OCH3 is 1. The van der Waals surface area contributed by atoms with E-state index in [0.717, 1.165) is 34.8 Å². The molecule has 3 amide bonds. The third kappa shape index (κ3) is 11.7. The lowest BCUT2D eigenvalue weighted by Crippen LogP contribution is -2.63. The zero-order valence-electron chi connectivity index (χ0n) is 43.8. The summed E-state index contributed by atoms with van der Waals surface area (Å²) in [6, 6.07) is 4.09. The van der Waals surface area contributed by atoms with Crippen LogP contribution >= 0.6 is 0 Å². The number of ether oxygens (including phenoxy) is 1. The Morgan fingerprint density at radius 3 is 2.52 bits per heavy atom. The molecule has 24 heteroatoms. The standard InChI is InChI=1S/C51H67F4N12O8/c1-10-43(68)63-17-15-50(52,28-63)67(72)61(8)45(31(2)3)47(69)58-38-24-42-56-27-40(75-42)33-13-14-39-35(22-33)37(25-49(5,6)30-74-66(71)41-12-11-16-65(59-41)48(38)70)46(64(39)29-51(53,54)55)36-23-34(26-57-44(36)32(4)73-9)62-20-18-60(7)19-21-62/h10,13-14,22-23,26-27,31-32,38,41,45,59H,1,11-12,15-21,24-25,28-30H2,2-9H3/q+1/p+1/t32-,38-,41+,45-,50-/m0/s1. The van der Waals surface area contributed by atoms with Gasteiger partial charge in [0.05, 0.1) is 65.3 Å². The number of hydrogen-bond donors (Lipinski definition) is 2. The van der Waals surface area contributed by atoms with E-state index in [1.165, 1.54) is 29.9 Å². The number of aromatic nitrogens is 3. The molecule has 20 nitrogen and oxygen atoms in total. The molecule has 1 aromatic carbocycles. The minimum absolute atomic E-state index is 0.00515. The van der Waals surface area contributed by atoms with Crippen LogP contribution in [0, 0.1) is 21.1 Å². The number of nitrogens with zero attached hydrogens (tertiary/aromatic N) is 10. The van der Waals surface area contributed by atoms with Crippen molar-refractivity contribution >= 4 is 34.3 Å². The van der Waals surface area contributed by atoms with Crippen molar-refractivity contribution in [2.75, 3.05) is 78.5 Å². The molecule has 3 aromatic heterocycles. The van der Waals surface area contributed by atoms with Crippen LogP contribution in [0.4, 0.5) is 23.2 Å². The Balaban J connectivity index is 1.22. The van der Waals surface area contributed by atoms with Gasteiger partial charge in [-0.25, -0.2) is 9.82 Å². The number of fused-ring (bicyclic) bond motifs is 6. The quantitative estimate of drug-likeness (QED) is 0.0561. The van der Waals surface area contributed by atoms with E-state index < -0.39 is 78.5 Å². The number of halogens is 4. The molecule has 3 saturated heterocycles. The third-order valence-electron chi connectivity index (χ3n) is 14.6. The van der Waals surface area contributed by atoms with Crippen LogP contribution in [0.25, 0.3) is 33.5 Å². The van der Waals surface area contributed by atoms with Crippen LogP contribution in [-0.2, 0) is 43.3 Å². The van der Waals surface area contributed by atoms with Gasteiger partial charge in [-0.3, -0.25) is 24.4 Å². The molecule has 4 aliphatic heterocycles. The number of rotatable bonds is 12. The lowest BCUT2D eigenvalue weighted by atomic mass is 9.84. The molecule has 0 radical (unpaired) electrons. The SMILES string of the molecule is C=CC(=O)N1CC[C@](F)([N+](=O)N(C)[C@H](C(=O)N[C@H]2Cc3ncc(o3)-c3ccc4c(c3)c(c(-c3cc(N5CCN(C)CC5)cnc3[C@H](C)OC)n4CC(F)(F)F)CC(C)(C)CO[N+](=O)[C@@H]3CCCN(N3)C2=O)C(C)C)C1. The highest BCUT2D eigenvalue weighted by Crippen LogP contribution is 2.44. The van der Waals surface area contributed by atoms with Gasteiger partial charge < -0.3 is 33.7 Å². The van der Waals surface area contributed by atoms with E-state index in [1.807, 2.05) is 27.0 Å². The van der Waals surface area contributed by atoms with Crippen LogP contribution in [0.5, 0.6) is 0 Å². The van der Waals surface area contributed by atoms with Crippen LogP contribution in [0.15, 0.2) is 53.7 Å². The summed E-state index contributed by atoms with van der Waals surface area (Å²) < 4.78 is 74.7. The fourth-order valence-corrected chi connectivity index (χ4v) is 10.6. The van der Waals surface area contributed by atoms with Crippen molar-refractivity contribution in [3.63, 3.8) is 0 Å². The summed E-state index contributed by atoms with van der Waals surface area (Å²) in [6.45, 7) is 13.1. The number of carbonyl (C=O) groups is 3. The number of amides is 3. The van der Waals surface area contributed by atoms with Crippen molar-refractivity contribution in [2.45, 2.75) is 110 Å². The van der Waals surface area contributed by atoms with Gasteiger partial charge in [-0.2, -0.15) is 23.0 Å². The van der Waals surface area contributed by atoms with Gasteiger partial charge in [-0.15, -0.1) is 5.01 Å². The number of pyridine rings is 1. The summed E-state index contributed by atoms with van der Waals surface area (Å²) in [6.07, 6.45) is -2.12. The maximum absolute atomic E-state index is 16.3. The summed E-state index contributed by atoms with van der Waals surface area (Å²) in [7, 11) is 4.81. The first kappa shape index (κ1) is 54.7. The molecule has 8 rings (SSSR count). The van der Waals surface area contributed by atoms with Crippen LogP contribution in [0.3, 0.4) is 0 Å². The number of nitroso groups, excluding NO2 is 1. The molecule has 6 bridgehead atoms. The molecule has 0 aliphatic carbocycles. The second-order valence-electron chi connectivity index (χ2n) is 21.3. The van der Waals surface area contributed by atoms with Gasteiger partial charge in [-0.1, -0.05) is 34.3 Å². The van der Waals surface area contributed by atoms with E-state index in [1.54, 1.807) is 45.2 Å². The van der Waals surface area contributed by atoms with Crippen LogP contribution < -0.4 is 15.6 Å². The molecular formula is C51H68F4N12O8+2. The molecule has 0 spiro atoms. The fraction of sp³-hybridized carbons (Fsp3) is 0.588. The number of alkyl halides is 4. The van der Waals surface area contributed by atoms with Gasteiger partial charge in [0.15, 0.2) is 29.2 Å². The molecule has 2 N–H and O–H groups in total. The van der Waals surface area contributed by atoms with Crippen molar-refractivity contribution in [1.82, 2.24) is 45.1 Å². The van der Waals surface area contributed by atoms with Crippen molar-refractivity contribution in [1.29, 1.82) is 0 Å². The third-order valence-corrected chi connectivity index (χ3v) is 14.6. The Labute approximate surface area is 432 Å². The van der Waals surface area contributed by atoms with Crippen LogP contribution in [-0.4, -0.2) is 166 Å². The maximum atomic E-state index is 16.3. The molecule has 3 fully saturated rings. The molecule has 406 valence electrons. The van der Waals surface area contributed by atoms with Gasteiger partial charge in [0.1, 0.15) is 19.1 Å². The second kappa shape index (κ2) is 21.6. The van der Waals surface area contributed by atoms with Crippen molar-refractivity contribution in [3.05, 3.63) is 76.3 Å². The van der Waals surface area contributed by atoms with E-state index in [2.05, 4.69) is 32.1 Å². The molecule has 7 heterocycles. The summed E-state index contributed by atoms with van der Waals surface area (Å²) >= 11 is 0. The smallest absolute Gasteiger partial charge is 0.406 e. The van der Waals surface area contributed by atoms with E-state index in [9.17, 15) is 24.2 Å². The predicted octanol–water partition coefficient (Wildman–Crippen LogP) is 5.89. The minimum atomic E-state index is -4.66. The Kier molecular flexibility index (Phi) is 15.8. The van der Waals surface area contributed by atoms with E-state index >= 15 is 17.6 Å². The number of piperazine rings is 1. The number of oxazole rings is 1. The first-order valence-corrected chi connectivity index (χ1v) is 25.3. The number of likely N-dealkylation sites (N-methyl/N-ethyl adjacent to an activating group) is 2. The van der Waals surface area contributed by atoms with Crippen LogP contribution in [0.1, 0.15) is 77.1 Å². The van der Waals surface area contributed by atoms with Crippen molar-refractivity contribution in [3.8, 4) is 22.6 Å². The van der Waals surface area contributed by atoms with Gasteiger partial charge in [0, 0.05) is 80.2 Å². The number of anilines is 1. The van der Waals surface area contributed by atoms with E-state index in [4.69, 9.17) is 19.0 Å². The number of benzene rings is 1. The van der Waals surface area contributed by atoms with Crippen molar-refractivity contribution in [2.24, 2.45) is 11.3 Å². The number of hydrogen-bond acceptors (Lipinski definition) is 13. The summed E-state index contributed by atoms with van der Waals surface area (Å²) in [5.41, 5.74) is 5.21. The number of hydrazine groups is 2. The molecule has 0 unspecified atom stereocenters. The fourth-order valence-electron chi connectivity index (χ4n) is 10.6. The van der Waals surface area contributed by atoms with Gasteiger partial charge in [-0.05, 0) is 68.6 Å². The van der Waals surface area contributed by atoms with E-state index in [0.29, 0.717) is 52.2 Å². The van der Waals surface area contributed by atoms with Crippen molar-refractivity contribution < 1.29 is 55.7 Å². The van der Waals surface area contributed by atoms with Gasteiger partial charge >= 0.3 is 18.1 Å². The van der Waals surface area contributed by atoms with Gasteiger partial charge in [0.25, 0.3) is 5.91 Å². The topological polar surface area (TPSA) is 194 Å². The summed E-state index contributed by atoms with van der Waals surface area (Å²) in [5, 5.41) is 5.35. The zero-order valence-corrected chi connectivity index (χ0v) is 43.8. The normalized spacial score (nSPS) is 22.7. The highest BCUT2D eigenvalue weighted by Gasteiger charge is 2.57. The number of likely N-dealkylation sites (tertiary alicyclic amines) is 1. The zero-order chi connectivity index (χ0) is 54.3. The number of carbonyl (C=O) groups excluding carboxylic acids is 3. The Hall–Kier alpha value is -6.53. The largest absolute Gasteiger partial charge is 0.441 e. The Bertz CT molecular complexity index is 2830. The van der Waals surface area contributed by atoms with Crippen LogP contribution in [0.2, 0.25) is 0 Å². The van der Waals surface area contributed by atoms with Gasteiger partial charge in [0.2, 0.25) is 16.7 Å². The molecule has 75 heavy (non-hydrogen) atoms. The summed E-state index contributed by atoms with van der Waals surface area (Å²) in [5.74, 6) is -5.01. The monoisotopic (exact) mass is 1050 g/mol. The summed E-state index contributed by atoms with van der Waals surface area (Å²) in [4.78, 5) is 90.4. The molecular weight excluding hydrogens is 985 g/mol. The Morgan fingerprint density at radius 2 is 1.84 bits per heavy atom. The lowest BCUT2D eigenvalue weighted by Gasteiger charge is -2.34. The predicted molar refractivity (Wildman–Crippen MR) is 268 cm³/mol. The number of nitrogens with one attached hydrogen (secondary N) is 2. The second-order valence-corrected chi connectivity index (χ2v) is 21.3. The molecule has 4 aliphatic rings. The Morgan fingerprint density at radius 1 is 1.11 bits per heavy atom. The highest BCUT2D eigenvalue weighted by molar-refractivity contribution is 5.95. The maximum Gasteiger partial charge on any atom is 0.406 e. The first-order chi connectivity index (χ1) is 35.4. The average Bonchev–Trinajstić information content (AvgIpc) is 4.10. The lowest BCUT2D eigenvalue weighted by molar-refractivity contribution is -0.835. The van der Waals surface area contributed by atoms with E-state index in [-0.39, 0.29) is 73.1 Å². The molecule has 5 atom stereocenters. The molecule has 0 saturated carbocycles. The average molecular weight is 1050 g/mol. The minimum Gasteiger partial charge on any atom is -0.441 e. The highest BCUT2D eigenvalue weighted by atomic mass is 19.4.